The summed E-state index contributed by atoms with van der Waals surface area (Å²) in [6.07, 6.45) is 3.11. The SMILES string of the molecule is O=C(COC(=O)Cc1ccc(Cl)cc1)N[C@H]1CCCc2ccccc21. The second-order valence-electron chi connectivity index (χ2n) is 6.18. The summed E-state index contributed by atoms with van der Waals surface area (Å²) in [6, 6.07) is 15.1. The number of fused-ring (bicyclic) bond motifs is 1. The topological polar surface area (TPSA) is 55.4 Å². The van der Waals surface area contributed by atoms with Gasteiger partial charge in [-0.2, -0.15) is 0 Å². The maximum atomic E-state index is 12.1. The molecule has 0 spiro atoms. The van der Waals surface area contributed by atoms with Gasteiger partial charge in [0.05, 0.1) is 12.5 Å². The van der Waals surface area contributed by atoms with Crippen LogP contribution in [0, 0.1) is 0 Å². The average Bonchev–Trinajstić information content (AvgIpc) is 2.62. The lowest BCUT2D eigenvalue weighted by Crippen LogP contribution is -2.34. The molecule has 2 aromatic carbocycles. The van der Waals surface area contributed by atoms with Gasteiger partial charge in [-0.25, -0.2) is 0 Å². The van der Waals surface area contributed by atoms with E-state index < -0.39 is 5.97 Å². The summed E-state index contributed by atoms with van der Waals surface area (Å²) in [6.45, 7) is -0.259. The molecule has 1 aliphatic rings. The Morgan fingerprint density at radius 3 is 2.68 bits per heavy atom. The highest BCUT2D eigenvalue weighted by atomic mass is 35.5. The van der Waals surface area contributed by atoms with Crippen LogP contribution in [0.3, 0.4) is 0 Å². The number of ether oxygens (including phenoxy) is 1. The van der Waals surface area contributed by atoms with Crippen molar-refractivity contribution in [2.75, 3.05) is 6.61 Å². The molecule has 5 heteroatoms. The molecule has 0 unspecified atom stereocenters. The van der Waals surface area contributed by atoms with Gasteiger partial charge in [0.1, 0.15) is 0 Å². The van der Waals surface area contributed by atoms with Crippen LogP contribution in [0.4, 0.5) is 0 Å². The van der Waals surface area contributed by atoms with E-state index in [-0.39, 0.29) is 25.0 Å². The zero-order valence-electron chi connectivity index (χ0n) is 13.8. The minimum atomic E-state index is -0.429. The van der Waals surface area contributed by atoms with Crippen LogP contribution in [-0.4, -0.2) is 18.5 Å². The first-order valence-electron chi connectivity index (χ1n) is 8.39. The molecule has 1 aliphatic carbocycles. The van der Waals surface area contributed by atoms with Gasteiger partial charge in [-0.05, 0) is 48.1 Å². The molecule has 1 atom stereocenters. The van der Waals surface area contributed by atoms with Crippen molar-refractivity contribution < 1.29 is 14.3 Å². The Balaban J connectivity index is 1.48. The minimum absolute atomic E-state index is 0.00702. The fraction of sp³-hybridized carbons (Fsp3) is 0.300. The van der Waals surface area contributed by atoms with Crippen LogP contribution in [0.15, 0.2) is 48.5 Å². The third-order valence-electron chi connectivity index (χ3n) is 4.33. The Kier molecular flexibility index (Phi) is 5.71. The molecule has 130 valence electrons. The van der Waals surface area contributed by atoms with Crippen molar-refractivity contribution in [2.24, 2.45) is 0 Å². The molecule has 0 radical (unpaired) electrons. The van der Waals surface area contributed by atoms with Crippen LogP contribution in [0.2, 0.25) is 5.02 Å². The zero-order chi connectivity index (χ0) is 17.6. The molecule has 2 aromatic rings. The summed E-state index contributed by atoms with van der Waals surface area (Å²) in [4.78, 5) is 24.0. The van der Waals surface area contributed by atoms with E-state index in [9.17, 15) is 9.59 Å². The predicted octanol–water partition coefficient (Wildman–Crippen LogP) is 3.62. The van der Waals surface area contributed by atoms with Gasteiger partial charge in [-0.15, -0.1) is 0 Å². The molecule has 0 fully saturated rings. The van der Waals surface area contributed by atoms with Gasteiger partial charge >= 0.3 is 5.97 Å². The monoisotopic (exact) mass is 357 g/mol. The van der Waals surface area contributed by atoms with Gasteiger partial charge in [0.25, 0.3) is 5.91 Å². The molecule has 0 aliphatic heterocycles. The number of hydrogen-bond acceptors (Lipinski definition) is 3. The molecular weight excluding hydrogens is 338 g/mol. The maximum absolute atomic E-state index is 12.1. The van der Waals surface area contributed by atoms with E-state index >= 15 is 0 Å². The molecule has 25 heavy (non-hydrogen) atoms. The number of carbonyl (C=O) groups excluding carboxylic acids is 2. The van der Waals surface area contributed by atoms with Crippen molar-refractivity contribution >= 4 is 23.5 Å². The third kappa shape index (κ3) is 4.83. The van der Waals surface area contributed by atoms with Crippen LogP contribution >= 0.6 is 11.6 Å². The number of nitrogens with one attached hydrogen (secondary N) is 1. The Morgan fingerprint density at radius 2 is 1.88 bits per heavy atom. The predicted molar refractivity (Wildman–Crippen MR) is 96.4 cm³/mol. The second kappa shape index (κ2) is 8.17. The normalized spacial score (nSPS) is 16.0. The molecule has 0 saturated carbocycles. The number of esters is 1. The van der Waals surface area contributed by atoms with Crippen molar-refractivity contribution in [3.05, 3.63) is 70.2 Å². The molecule has 4 nitrogen and oxygen atoms in total. The standard InChI is InChI=1S/C20H20ClNO3/c21-16-10-8-14(9-11-16)12-20(24)25-13-19(23)22-18-7-3-5-15-4-1-2-6-17(15)18/h1-2,4,6,8-11,18H,3,5,7,12-13H2,(H,22,23)/t18-/m0/s1. The summed E-state index contributed by atoms with van der Waals surface area (Å²) < 4.78 is 5.08. The third-order valence-corrected chi connectivity index (χ3v) is 4.58. The number of benzene rings is 2. The smallest absolute Gasteiger partial charge is 0.310 e. The summed E-state index contributed by atoms with van der Waals surface area (Å²) in [5.74, 6) is -0.701. The molecule has 0 saturated heterocycles. The summed E-state index contributed by atoms with van der Waals surface area (Å²) >= 11 is 5.81. The van der Waals surface area contributed by atoms with Crippen molar-refractivity contribution in [3.8, 4) is 0 Å². The number of hydrogen-bond donors (Lipinski definition) is 1. The van der Waals surface area contributed by atoms with Gasteiger partial charge in [0.15, 0.2) is 6.61 Å². The largest absolute Gasteiger partial charge is 0.455 e. The molecule has 0 bridgehead atoms. The van der Waals surface area contributed by atoms with Crippen LogP contribution in [0.1, 0.15) is 35.6 Å². The first kappa shape index (κ1) is 17.5. The summed E-state index contributed by atoms with van der Waals surface area (Å²) in [5.41, 5.74) is 3.24. The van der Waals surface area contributed by atoms with E-state index in [4.69, 9.17) is 16.3 Å². The fourth-order valence-electron chi connectivity index (χ4n) is 3.11. The van der Waals surface area contributed by atoms with Crippen LogP contribution < -0.4 is 5.32 Å². The van der Waals surface area contributed by atoms with E-state index in [0.29, 0.717) is 5.02 Å². The molecule has 1 amide bonds. The Bertz CT molecular complexity index is 758. The van der Waals surface area contributed by atoms with E-state index in [2.05, 4.69) is 11.4 Å². The number of rotatable bonds is 5. The highest BCUT2D eigenvalue weighted by Gasteiger charge is 2.21. The second-order valence-corrected chi connectivity index (χ2v) is 6.61. The lowest BCUT2D eigenvalue weighted by Gasteiger charge is -2.26. The molecule has 0 heterocycles. The highest BCUT2D eigenvalue weighted by molar-refractivity contribution is 6.30. The van der Waals surface area contributed by atoms with Gasteiger partial charge in [0.2, 0.25) is 0 Å². The zero-order valence-corrected chi connectivity index (χ0v) is 14.6. The van der Waals surface area contributed by atoms with Gasteiger partial charge in [-0.1, -0.05) is 48.0 Å². The molecule has 1 N–H and O–H groups in total. The Morgan fingerprint density at radius 1 is 1.12 bits per heavy atom. The summed E-state index contributed by atoms with van der Waals surface area (Å²) in [7, 11) is 0. The van der Waals surface area contributed by atoms with Gasteiger partial charge in [-0.3, -0.25) is 9.59 Å². The van der Waals surface area contributed by atoms with Crippen LogP contribution in [0.5, 0.6) is 0 Å². The van der Waals surface area contributed by atoms with Crippen molar-refractivity contribution in [1.82, 2.24) is 5.32 Å². The molecule has 3 rings (SSSR count). The Hall–Kier alpha value is -2.33. The fourth-order valence-corrected chi connectivity index (χ4v) is 3.23. The van der Waals surface area contributed by atoms with E-state index in [0.717, 1.165) is 30.4 Å². The highest BCUT2D eigenvalue weighted by Crippen LogP contribution is 2.29. The molecule has 0 aromatic heterocycles. The van der Waals surface area contributed by atoms with Gasteiger partial charge in [0, 0.05) is 5.02 Å². The first-order chi connectivity index (χ1) is 12.1. The number of aryl methyl sites for hydroxylation is 1. The van der Waals surface area contributed by atoms with Crippen LogP contribution in [-0.2, 0) is 27.2 Å². The first-order valence-corrected chi connectivity index (χ1v) is 8.77. The van der Waals surface area contributed by atoms with E-state index in [1.807, 2.05) is 18.2 Å². The number of halogens is 1. The molecular formula is C20H20ClNO3. The van der Waals surface area contributed by atoms with E-state index in [1.165, 1.54) is 5.56 Å². The lowest BCUT2D eigenvalue weighted by molar-refractivity contribution is -0.148. The maximum Gasteiger partial charge on any atom is 0.310 e. The minimum Gasteiger partial charge on any atom is -0.455 e. The Labute approximate surface area is 152 Å². The van der Waals surface area contributed by atoms with Crippen LogP contribution in [0.25, 0.3) is 0 Å². The van der Waals surface area contributed by atoms with E-state index in [1.54, 1.807) is 24.3 Å². The number of carbonyl (C=O) groups is 2. The average molecular weight is 358 g/mol. The van der Waals surface area contributed by atoms with Crippen molar-refractivity contribution in [2.45, 2.75) is 31.7 Å². The van der Waals surface area contributed by atoms with Crippen molar-refractivity contribution in [1.29, 1.82) is 0 Å². The lowest BCUT2D eigenvalue weighted by atomic mass is 9.88. The quantitative estimate of drug-likeness (QED) is 0.831. The van der Waals surface area contributed by atoms with Gasteiger partial charge < -0.3 is 10.1 Å². The van der Waals surface area contributed by atoms with Crippen molar-refractivity contribution in [3.63, 3.8) is 0 Å². The summed E-state index contributed by atoms with van der Waals surface area (Å²) in [5, 5.41) is 3.58. The number of amides is 1.